The van der Waals surface area contributed by atoms with Crippen LogP contribution < -0.4 is 0 Å². The van der Waals surface area contributed by atoms with E-state index in [-0.39, 0.29) is 6.54 Å². The molecule has 0 aliphatic carbocycles. The molecule has 13 heavy (non-hydrogen) atoms. The largest absolute Gasteiger partial charge is 0.295 e. The molecule has 7 nitrogen and oxygen atoms in total. The molecule has 0 aliphatic rings. The molecule has 0 fully saturated rings. The predicted octanol–water partition coefficient (Wildman–Crippen LogP) is -1.17. The van der Waals surface area contributed by atoms with E-state index < -0.39 is 31.7 Å². The van der Waals surface area contributed by atoms with Gasteiger partial charge in [0.25, 0.3) is 20.2 Å². The van der Waals surface area contributed by atoms with E-state index in [0.29, 0.717) is 0 Å². The van der Waals surface area contributed by atoms with Gasteiger partial charge in [0.15, 0.2) is 0 Å². The standard InChI is InChI=1S/C4H9NO6S2/c6-12(7,8)3-1-5-2-4-13(9,10)11/h1H,2-4H2,(H,6,7,8)(H,9,10,11). The Labute approximate surface area is 76.0 Å². The van der Waals surface area contributed by atoms with Crippen LogP contribution in [-0.2, 0) is 20.2 Å². The molecule has 0 rings (SSSR count). The monoisotopic (exact) mass is 231 g/mol. The van der Waals surface area contributed by atoms with Crippen molar-refractivity contribution in [2.45, 2.75) is 0 Å². The van der Waals surface area contributed by atoms with Crippen LogP contribution in [0.25, 0.3) is 0 Å². The Hall–Kier alpha value is -0.510. The third kappa shape index (κ3) is 11.5. The number of nitrogens with zero attached hydrogens (tertiary/aromatic N) is 1. The Morgan fingerprint density at radius 1 is 1.08 bits per heavy atom. The normalized spacial score (nSPS) is 13.7. The second-order valence-corrected chi connectivity index (χ2v) is 5.19. The Bertz CT molecular complexity index is 365. The average molecular weight is 231 g/mol. The van der Waals surface area contributed by atoms with Crippen molar-refractivity contribution >= 4 is 26.5 Å². The van der Waals surface area contributed by atoms with Gasteiger partial charge in [-0.05, 0) is 0 Å². The highest BCUT2D eigenvalue weighted by atomic mass is 32.2. The van der Waals surface area contributed by atoms with Crippen LogP contribution in [0.4, 0.5) is 0 Å². The van der Waals surface area contributed by atoms with Crippen molar-refractivity contribution in [1.29, 1.82) is 0 Å². The van der Waals surface area contributed by atoms with Gasteiger partial charge in [-0.15, -0.1) is 0 Å². The number of hydrogen-bond donors (Lipinski definition) is 2. The summed E-state index contributed by atoms with van der Waals surface area (Å²) in [6, 6.07) is 0. The molecule has 78 valence electrons. The molecule has 0 bridgehead atoms. The lowest BCUT2D eigenvalue weighted by Gasteiger charge is -1.91. The van der Waals surface area contributed by atoms with Crippen LogP contribution in [0.5, 0.6) is 0 Å². The molecule has 0 aliphatic heterocycles. The van der Waals surface area contributed by atoms with Crippen molar-refractivity contribution in [1.82, 2.24) is 0 Å². The van der Waals surface area contributed by atoms with Gasteiger partial charge in [-0.2, -0.15) is 16.8 Å². The van der Waals surface area contributed by atoms with E-state index in [4.69, 9.17) is 9.11 Å². The first-order chi connectivity index (χ1) is 5.71. The third-order valence-corrected chi connectivity index (χ3v) is 2.16. The molecule has 0 saturated carbocycles. The molecule has 2 N–H and O–H groups in total. The second-order valence-electron chi connectivity index (χ2n) is 2.12. The summed E-state index contributed by atoms with van der Waals surface area (Å²) < 4.78 is 56.8. The molecule has 9 heteroatoms. The van der Waals surface area contributed by atoms with Crippen molar-refractivity contribution in [3.63, 3.8) is 0 Å². The Morgan fingerprint density at radius 2 is 1.62 bits per heavy atom. The van der Waals surface area contributed by atoms with Gasteiger partial charge in [0.1, 0.15) is 5.75 Å². The summed E-state index contributed by atoms with van der Waals surface area (Å²) in [6.45, 7) is -0.242. The fourth-order valence-electron chi connectivity index (χ4n) is 0.406. The Balaban J connectivity index is 3.80. The fourth-order valence-corrected chi connectivity index (χ4v) is 1.04. The predicted molar refractivity (Wildman–Crippen MR) is 46.2 cm³/mol. The average Bonchev–Trinajstić information content (AvgIpc) is 1.81. The van der Waals surface area contributed by atoms with Crippen molar-refractivity contribution in [3.8, 4) is 0 Å². The SMILES string of the molecule is O=S(=O)(O)CC=NCCS(=O)(=O)O. The lowest BCUT2D eigenvalue weighted by Crippen LogP contribution is -2.08. The van der Waals surface area contributed by atoms with Crippen molar-refractivity contribution in [2.24, 2.45) is 4.99 Å². The highest BCUT2D eigenvalue weighted by Gasteiger charge is 2.02. The smallest absolute Gasteiger partial charge is 0.270 e. The molecule has 0 atom stereocenters. The summed E-state index contributed by atoms with van der Waals surface area (Å²) in [6.07, 6.45) is 0.862. The van der Waals surface area contributed by atoms with Crippen LogP contribution in [0.1, 0.15) is 0 Å². The zero-order valence-corrected chi connectivity index (χ0v) is 8.12. The van der Waals surface area contributed by atoms with Crippen LogP contribution in [0.3, 0.4) is 0 Å². The maximum absolute atomic E-state index is 10.1. The lowest BCUT2D eigenvalue weighted by molar-refractivity contribution is 0.483. The van der Waals surface area contributed by atoms with E-state index in [2.05, 4.69) is 4.99 Å². The van der Waals surface area contributed by atoms with Gasteiger partial charge in [-0.3, -0.25) is 14.1 Å². The van der Waals surface area contributed by atoms with Crippen LogP contribution in [-0.4, -0.2) is 50.2 Å². The van der Waals surface area contributed by atoms with E-state index in [0.717, 1.165) is 6.21 Å². The van der Waals surface area contributed by atoms with Gasteiger partial charge in [-0.25, -0.2) is 0 Å². The van der Waals surface area contributed by atoms with Gasteiger partial charge >= 0.3 is 0 Å². The summed E-state index contributed by atoms with van der Waals surface area (Å²) in [7, 11) is -8.17. The molecule has 0 spiro atoms. The fraction of sp³-hybridized carbons (Fsp3) is 0.750. The highest BCUT2D eigenvalue weighted by molar-refractivity contribution is 7.86. The maximum atomic E-state index is 10.1. The lowest BCUT2D eigenvalue weighted by atomic mass is 10.7. The first-order valence-corrected chi connectivity index (χ1v) is 6.31. The number of hydrogen-bond acceptors (Lipinski definition) is 5. The zero-order valence-electron chi connectivity index (χ0n) is 6.49. The minimum absolute atomic E-state index is 0.242. The van der Waals surface area contributed by atoms with Gasteiger partial charge < -0.3 is 0 Å². The highest BCUT2D eigenvalue weighted by Crippen LogP contribution is 1.83. The molecule has 0 radical (unpaired) electrons. The molecule has 0 aromatic heterocycles. The topological polar surface area (TPSA) is 121 Å². The summed E-state index contributed by atoms with van der Waals surface area (Å²) in [5.74, 6) is -1.24. The maximum Gasteiger partial charge on any atom is 0.270 e. The van der Waals surface area contributed by atoms with Crippen LogP contribution >= 0.6 is 0 Å². The Kier molecular flexibility index (Phi) is 4.47. The molecule has 0 heterocycles. The van der Waals surface area contributed by atoms with E-state index in [1.807, 2.05) is 0 Å². The molecular formula is C4H9NO6S2. The number of rotatable bonds is 5. The zero-order chi connectivity index (χ0) is 10.5. The molecule has 0 unspecified atom stereocenters. The van der Waals surface area contributed by atoms with Gasteiger partial charge in [0.2, 0.25) is 0 Å². The minimum Gasteiger partial charge on any atom is -0.295 e. The summed E-state index contributed by atoms with van der Waals surface area (Å²) in [5.41, 5.74) is 0. The van der Waals surface area contributed by atoms with E-state index >= 15 is 0 Å². The molecule has 0 amide bonds. The Morgan fingerprint density at radius 3 is 2.00 bits per heavy atom. The quantitative estimate of drug-likeness (QED) is 0.454. The molecular weight excluding hydrogens is 222 g/mol. The first kappa shape index (κ1) is 12.5. The minimum atomic E-state index is -4.10. The van der Waals surface area contributed by atoms with Crippen LogP contribution in [0, 0.1) is 0 Å². The van der Waals surface area contributed by atoms with Crippen LogP contribution in [0.15, 0.2) is 4.99 Å². The van der Waals surface area contributed by atoms with Gasteiger partial charge in [0, 0.05) is 6.21 Å². The molecule has 0 saturated heterocycles. The van der Waals surface area contributed by atoms with Gasteiger partial charge in [-0.1, -0.05) is 0 Å². The van der Waals surface area contributed by atoms with E-state index in [1.165, 1.54) is 0 Å². The first-order valence-electron chi connectivity index (χ1n) is 3.09. The number of aliphatic imine (C=N–C) groups is 1. The van der Waals surface area contributed by atoms with E-state index in [9.17, 15) is 16.8 Å². The summed E-state index contributed by atoms with van der Waals surface area (Å²) >= 11 is 0. The summed E-state index contributed by atoms with van der Waals surface area (Å²) in [4.78, 5) is 3.34. The second kappa shape index (κ2) is 4.65. The van der Waals surface area contributed by atoms with Crippen molar-refractivity contribution in [3.05, 3.63) is 0 Å². The third-order valence-electron chi connectivity index (χ3n) is 0.893. The summed E-state index contributed by atoms with van der Waals surface area (Å²) in [5, 5.41) is 0. The molecule has 0 aromatic rings. The van der Waals surface area contributed by atoms with Crippen molar-refractivity contribution in [2.75, 3.05) is 18.1 Å². The molecule has 0 aromatic carbocycles. The van der Waals surface area contributed by atoms with Crippen LogP contribution in [0.2, 0.25) is 0 Å². The van der Waals surface area contributed by atoms with Crippen molar-refractivity contribution < 1.29 is 25.9 Å². The van der Waals surface area contributed by atoms with Gasteiger partial charge in [0.05, 0.1) is 12.3 Å². The van der Waals surface area contributed by atoms with E-state index in [1.54, 1.807) is 0 Å².